The fourth-order valence-electron chi connectivity index (χ4n) is 8.07. The molecular formula is C48H89NO13. The average Bonchev–Trinajstić information content (AvgIpc) is 3.27. The topological polar surface area (TPSA) is 228 Å². The van der Waals surface area contributed by atoms with Gasteiger partial charge in [-0.25, -0.2) is 0 Å². The Morgan fingerprint density at radius 3 is 1.58 bits per heavy atom. The van der Waals surface area contributed by atoms with E-state index in [0.717, 1.165) is 38.5 Å². The van der Waals surface area contributed by atoms with Crippen LogP contribution in [0.2, 0.25) is 0 Å². The fourth-order valence-corrected chi connectivity index (χ4v) is 8.07. The van der Waals surface area contributed by atoms with Gasteiger partial charge >= 0.3 is 0 Å². The number of aliphatic hydroxyl groups is 8. The molecule has 12 unspecified atom stereocenters. The highest BCUT2D eigenvalue weighted by Gasteiger charge is 2.51. The molecule has 2 heterocycles. The summed E-state index contributed by atoms with van der Waals surface area (Å²) in [6, 6.07) is -0.924. The van der Waals surface area contributed by atoms with Gasteiger partial charge in [0.2, 0.25) is 5.91 Å². The number of hydrogen-bond acceptors (Lipinski definition) is 13. The zero-order valence-electron chi connectivity index (χ0n) is 38.4. The number of aliphatic hydroxyl groups excluding tert-OH is 8. The SMILES string of the molecule is CCCCC/C=C/CC/C=C/C(O)C(COC1OC(CO)C(OC2OC(CO)C(O)C(O)C2O)C(O)C1O)NC(=O)CCCCCCCCCCCCCCCCCCCCC. The molecule has 2 aliphatic rings. The summed E-state index contributed by atoms with van der Waals surface area (Å²) in [6.45, 7) is 2.71. The van der Waals surface area contributed by atoms with Crippen molar-refractivity contribution in [1.29, 1.82) is 0 Å². The number of ether oxygens (including phenoxy) is 4. The van der Waals surface area contributed by atoms with Gasteiger partial charge in [-0.1, -0.05) is 167 Å². The molecule has 2 aliphatic heterocycles. The van der Waals surface area contributed by atoms with Crippen LogP contribution in [0.5, 0.6) is 0 Å². The molecule has 2 rings (SSSR count). The maximum atomic E-state index is 13.1. The largest absolute Gasteiger partial charge is 0.394 e. The van der Waals surface area contributed by atoms with Crippen LogP contribution in [0.1, 0.15) is 181 Å². The summed E-state index contributed by atoms with van der Waals surface area (Å²) in [5.41, 5.74) is 0. The lowest BCUT2D eigenvalue weighted by atomic mass is 9.97. The van der Waals surface area contributed by atoms with Crippen LogP contribution in [0, 0.1) is 0 Å². The van der Waals surface area contributed by atoms with E-state index in [9.17, 15) is 45.6 Å². The first-order valence-corrected chi connectivity index (χ1v) is 24.6. The molecule has 0 spiro atoms. The van der Waals surface area contributed by atoms with Crippen LogP contribution in [0.15, 0.2) is 24.3 Å². The van der Waals surface area contributed by atoms with Crippen molar-refractivity contribution in [2.45, 2.75) is 254 Å². The van der Waals surface area contributed by atoms with Gasteiger partial charge in [0.05, 0.1) is 32.0 Å². The van der Waals surface area contributed by atoms with Gasteiger partial charge in [0, 0.05) is 6.42 Å². The predicted octanol–water partition coefficient (Wildman–Crippen LogP) is 5.77. The molecule has 62 heavy (non-hydrogen) atoms. The van der Waals surface area contributed by atoms with Crippen molar-refractivity contribution in [3.63, 3.8) is 0 Å². The summed E-state index contributed by atoms with van der Waals surface area (Å²) in [7, 11) is 0. The van der Waals surface area contributed by atoms with Gasteiger partial charge in [-0.15, -0.1) is 0 Å². The van der Waals surface area contributed by atoms with E-state index in [4.69, 9.17) is 18.9 Å². The number of carbonyl (C=O) groups excluding carboxylic acids is 1. The Morgan fingerprint density at radius 1 is 0.565 bits per heavy atom. The minimum atomic E-state index is -1.79. The number of nitrogens with one attached hydrogen (secondary N) is 1. The van der Waals surface area contributed by atoms with Crippen molar-refractivity contribution in [3.8, 4) is 0 Å². The van der Waals surface area contributed by atoms with Gasteiger partial charge in [-0.3, -0.25) is 4.79 Å². The molecule has 0 saturated carbocycles. The van der Waals surface area contributed by atoms with Crippen LogP contribution < -0.4 is 5.32 Å². The van der Waals surface area contributed by atoms with Crippen LogP contribution in [0.4, 0.5) is 0 Å². The first kappa shape index (κ1) is 56.6. The lowest BCUT2D eigenvalue weighted by Gasteiger charge is -2.46. The Morgan fingerprint density at radius 2 is 1.03 bits per heavy atom. The number of allylic oxidation sites excluding steroid dienone is 3. The van der Waals surface area contributed by atoms with Gasteiger partial charge in [-0.2, -0.15) is 0 Å². The van der Waals surface area contributed by atoms with Gasteiger partial charge in [-0.05, 0) is 32.1 Å². The summed E-state index contributed by atoms with van der Waals surface area (Å²) < 4.78 is 22.6. The minimum absolute atomic E-state index is 0.251. The molecule has 9 N–H and O–H groups in total. The van der Waals surface area contributed by atoms with Crippen LogP contribution >= 0.6 is 0 Å². The standard InChI is InChI=1S/C48H89NO13/c1-3-5-7-9-11-13-14-15-16-17-18-19-20-21-22-24-26-28-30-32-40(53)49-36(37(52)31-29-27-25-23-12-10-8-6-4-2)35-59-47-45(58)43(56)46(39(34-51)61-47)62-48-44(57)42(55)41(54)38(33-50)60-48/h12,23,29,31,36-39,41-48,50-52,54-58H,3-11,13-22,24-28,30,32-35H2,1-2H3,(H,49,53)/b23-12+,31-29+. The molecule has 0 aromatic heterocycles. The highest BCUT2D eigenvalue weighted by molar-refractivity contribution is 5.76. The second-order valence-corrected chi connectivity index (χ2v) is 17.6. The lowest BCUT2D eigenvalue weighted by Crippen LogP contribution is -2.65. The highest BCUT2D eigenvalue weighted by Crippen LogP contribution is 2.30. The van der Waals surface area contributed by atoms with Gasteiger partial charge in [0.25, 0.3) is 0 Å². The Balaban J connectivity index is 1.81. The maximum Gasteiger partial charge on any atom is 0.220 e. The van der Waals surface area contributed by atoms with Crippen molar-refractivity contribution in [2.75, 3.05) is 19.8 Å². The third-order valence-corrected chi connectivity index (χ3v) is 12.1. The smallest absolute Gasteiger partial charge is 0.220 e. The zero-order chi connectivity index (χ0) is 45.4. The summed E-state index contributed by atoms with van der Waals surface area (Å²) in [5, 5.41) is 86.4. The van der Waals surface area contributed by atoms with E-state index in [-0.39, 0.29) is 18.9 Å². The predicted molar refractivity (Wildman–Crippen MR) is 240 cm³/mol. The molecule has 2 fully saturated rings. The van der Waals surface area contributed by atoms with Gasteiger partial charge < -0.3 is 65.1 Å². The first-order chi connectivity index (χ1) is 30.1. The number of hydrogen-bond donors (Lipinski definition) is 9. The summed E-state index contributed by atoms with van der Waals surface area (Å²) in [6.07, 6.45) is 21.0. The van der Waals surface area contributed by atoms with E-state index in [0.29, 0.717) is 12.8 Å². The number of amides is 1. The lowest BCUT2D eigenvalue weighted by molar-refractivity contribution is -0.359. The molecule has 1 amide bonds. The van der Waals surface area contributed by atoms with E-state index in [1.807, 2.05) is 6.08 Å². The Bertz CT molecular complexity index is 1140. The van der Waals surface area contributed by atoms with Crippen LogP contribution in [-0.2, 0) is 23.7 Å². The third-order valence-electron chi connectivity index (χ3n) is 12.1. The third kappa shape index (κ3) is 23.1. The molecule has 0 aliphatic carbocycles. The van der Waals surface area contributed by atoms with E-state index < -0.39 is 86.8 Å². The molecule has 14 heteroatoms. The highest BCUT2D eigenvalue weighted by atomic mass is 16.7. The van der Waals surface area contributed by atoms with Crippen molar-refractivity contribution < 1.29 is 64.6 Å². The van der Waals surface area contributed by atoms with Crippen molar-refractivity contribution in [3.05, 3.63) is 24.3 Å². The average molecular weight is 888 g/mol. The minimum Gasteiger partial charge on any atom is -0.394 e. The number of rotatable bonds is 37. The molecule has 0 aromatic rings. The summed E-state index contributed by atoms with van der Waals surface area (Å²) >= 11 is 0. The molecule has 14 nitrogen and oxygen atoms in total. The molecular weight excluding hydrogens is 799 g/mol. The molecule has 2 saturated heterocycles. The maximum absolute atomic E-state index is 13.1. The van der Waals surface area contributed by atoms with Crippen molar-refractivity contribution in [2.24, 2.45) is 0 Å². The Hall–Kier alpha value is -1.53. The van der Waals surface area contributed by atoms with E-state index in [2.05, 4.69) is 31.3 Å². The zero-order valence-corrected chi connectivity index (χ0v) is 38.4. The van der Waals surface area contributed by atoms with E-state index in [1.165, 1.54) is 109 Å². The van der Waals surface area contributed by atoms with Crippen molar-refractivity contribution in [1.82, 2.24) is 5.32 Å². The number of carbonyl (C=O) groups is 1. The molecule has 0 bridgehead atoms. The quantitative estimate of drug-likeness (QED) is 0.0267. The molecule has 12 atom stereocenters. The summed E-state index contributed by atoms with van der Waals surface area (Å²) in [5.74, 6) is -0.251. The summed E-state index contributed by atoms with van der Waals surface area (Å²) in [4.78, 5) is 13.1. The van der Waals surface area contributed by atoms with E-state index in [1.54, 1.807) is 6.08 Å². The van der Waals surface area contributed by atoms with Crippen LogP contribution in [0.25, 0.3) is 0 Å². The Kier molecular flexibility index (Phi) is 32.6. The van der Waals surface area contributed by atoms with Crippen molar-refractivity contribution >= 4 is 5.91 Å². The van der Waals surface area contributed by atoms with Crippen LogP contribution in [0.3, 0.4) is 0 Å². The normalized spacial score (nSPS) is 27.9. The monoisotopic (exact) mass is 888 g/mol. The second kappa shape index (κ2) is 35.7. The Labute approximate surface area is 373 Å². The number of unbranched alkanes of at least 4 members (excludes halogenated alkanes) is 22. The molecule has 0 aromatic carbocycles. The molecule has 364 valence electrons. The van der Waals surface area contributed by atoms with Crippen LogP contribution in [-0.4, -0.2) is 140 Å². The fraction of sp³-hybridized carbons (Fsp3) is 0.896. The molecule has 0 radical (unpaired) electrons. The first-order valence-electron chi connectivity index (χ1n) is 24.6. The van der Waals surface area contributed by atoms with Gasteiger partial charge in [0.15, 0.2) is 12.6 Å². The van der Waals surface area contributed by atoms with Gasteiger partial charge in [0.1, 0.15) is 48.8 Å². The second-order valence-electron chi connectivity index (χ2n) is 17.6. The van der Waals surface area contributed by atoms with E-state index >= 15 is 0 Å².